The standard InChI is InChI=1S/C17H17Br2FO/c18-11-17(12-19,15-8-4-5-9-16(15)20)13-21-10-14-6-2-1-3-7-14/h1-9H,10-13H2. The average molecular weight is 416 g/mol. The minimum absolute atomic E-state index is 0.195. The molecule has 0 atom stereocenters. The Kier molecular flexibility index (Phi) is 6.40. The first-order chi connectivity index (χ1) is 10.2. The number of halogens is 3. The maximum atomic E-state index is 14.1. The fraction of sp³-hybridized carbons (Fsp3) is 0.294. The van der Waals surface area contributed by atoms with Crippen molar-refractivity contribution in [1.29, 1.82) is 0 Å². The molecule has 0 aliphatic rings. The summed E-state index contributed by atoms with van der Waals surface area (Å²) in [7, 11) is 0. The molecule has 0 aliphatic heterocycles. The quantitative estimate of drug-likeness (QED) is 0.573. The monoisotopic (exact) mass is 414 g/mol. The molecule has 0 aliphatic carbocycles. The summed E-state index contributed by atoms with van der Waals surface area (Å²) in [5.41, 5.74) is 1.37. The molecule has 0 bridgehead atoms. The van der Waals surface area contributed by atoms with Crippen molar-refractivity contribution in [1.82, 2.24) is 0 Å². The van der Waals surface area contributed by atoms with E-state index in [1.165, 1.54) is 6.07 Å². The highest BCUT2D eigenvalue weighted by Crippen LogP contribution is 2.31. The summed E-state index contributed by atoms with van der Waals surface area (Å²) in [5, 5.41) is 1.25. The van der Waals surface area contributed by atoms with Gasteiger partial charge in [0.2, 0.25) is 0 Å². The predicted molar refractivity (Wildman–Crippen MR) is 91.8 cm³/mol. The van der Waals surface area contributed by atoms with Gasteiger partial charge in [-0.15, -0.1) is 0 Å². The Morgan fingerprint density at radius 2 is 1.52 bits per heavy atom. The lowest BCUT2D eigenvalue weighted by molar-refractivity contribution is 0.0851. The van der Waals surface area contributed by atoms with Crippen molar-refractivity contribution in [2.24, 2.45) is 0 Å². The first-order valence-electron chi connectivity index (χ1n) is 6.70. The Morgan fingerprint density at radius 3 is 2.14 bits per heavy atom. The van der Waals surface area contributed by atoms with Crippen molar-refractivity contribution in [2.75, 3.05) is 17.3 Å². The maximum absolute atomic E-state index is 14.1. The van der Waals surface area contributed by atoms with Crippen LogP contribution in [-0.4, -0.2) is 17.3 Å². The summed E-state index contributed by atoms with van der Waals surface area (Å²) in [4.78, 5) is 0. The summed E-state index contributed by atoms with van der Waals surface area (Å²) in [5.74, 6) is -0.195. The van der Waals surface area contributed by atoms with Crippen molar-refractivity contribution in [3.05, 3.63) is 71.5 Å². The summed E-state index contributed by atoms with van der Waals surface area (Å²) >= 11 is 7.03. The second-order valence-corrected chi connectivity index (χ2v) is 6.13. The summed E-state index contributed by atoms with van der Waals surface area (Å²) < 4.78 is 20.0. The Bertz CT molecular complexity index is 556. The van der Waals surface area contributed by atoms with E-state index in [0.29, 0.717) is 29.4 Å². The minimum Gasteiger partial charge on any atom is -0.376 e. The van der Waals surface area contributed by atoms with Crippen molar-refractivity contribution in [3.63, 3.8) is 0 Å². The van der Waals surface area contributed by atoms with E-state index in [9.17, 15) is 4.39 Å². The average Bonchev–Trinajstić information content (AvgIpc) is 2.54. The molecule has 0 unspecified atom stereocenters. The highest BCUT2D eigenvalue weighted by molar-refractivity contribution is 9.09. The SMILES string of the molecule is Fc1ccccc1C(CBr)(CBr)COCc1ccccc1. The number of alkyl halides is 2. The van der Waals surface area contributed by atoms with E-state index in [1.807, 2.05) is 42.5 Å². The molecule has 2 rings (SSSR count). The van der Waals surface area contributed by atoms with Crippen molar-refractivity contribution in [3.8, 4) is 0 Å². The van der Waals surface area contributed by atoms with Crippen LogP contribution in [0.3, 0.4) is 0 Å². The first-order valence-corrected chi connectivity index (χ1v) is 8.95. The molecule has 0 N–H and O–H groups in total. The molecule has 0 heterocycles. The highest BCUT2D eigenvalue weighted by Gasteiger charge is 2.33. The molecular formula is C17H17Br2FO. The number of ether oxygens (including phenoxy) is 1. The van der Waals surface area contributed by atoms with Crippen LogP contribution in [-0.2, 0) is 16.8 Å². The smallest absolute Gasteiger partial charge is 0.127 e. The zero-order chi connectivity index (χ0) is 15.1. The fourth-order valence-electron chi connectivity index (χ4n) is 2.16. The lowest BCUT2D eigenvalue weighted by atomic mass is 9.85. The van der Waals surface area contributed by atoms with Gasteiger partial charge in [0.1, 0.15) is 5.82 Å². The van der Waals surface area contributed by atoms with Gasteiger partial charge in [0.25, 0.3) is 0 Å². The second kappa shape index (κ2) is 8.06. The molecule has 0 radical (unpaired) electrons. The topological polar surface area (TPSA) is 9.23 Å². The fourth-order valence-corrected chi connectivity index (χ4v) is 4.02. The lowest BCUT2D eigenvalue weighted by Gasteiger charge is -2.30. The Balaban J connectivity index is 2.10. The van der Waals surface area contributed by atoms with Gasteiger partial charge in [-0.05, 0) is 17.2 Å². The summed E-state index contributed by atoms with van der Waals surface area (Å²) in [6.07, 6.45) is 0. The van der Waals surface area contributed by atoms with Crippen LogP contribution >= 0.6 is 31.9 Å². The molecule has 2 aromatic rings. The largest absolute Gasteiger partial charge is 0.376 e. The van der Waals surface area contributed by atoms with E-state index in [2.05, 4.69) is 31.9 Å². The number of rotatable bonds is 7. The van der Waals surface area contributed by atoms with E-state index in [-0.39, 0.29) is 5.82 Å². The van der Waals surface area contributed by atoms with Crippen LogP contribution in [0.25, 0.3) is 0 Å². The van der Waals surface area contributed by atoms with Gasteiger partial charge in [-0.2, -0.15) is 0 Å². The van der Waals surface area contributed by atoms with E-state index in [4.69, 9.17) is 4.74 Å². The van der Waals surface area contributed by atoms with Gasteiger partial charge in [-0.1, -0.05) is 80.4 Å². The molecule has 0 spiro atoms. The van der Waals surface area contributed by atoms with Crippen LogP contribution in [0.1, 0.15) is 11.1 Å². The van der Waals surface area contributed by atoms with Gasteiger partial charge in [-0.25, -0.2) is 4.39 Å². The van der Waals surface area contributed by atoms with Gasteiger partial charge in [0, 0.05) is 16.1 Å². The van der Waals surface area contributed by atoms with Gasteiger partial charge < -0.3 is 4.74 Å². The van der Waals surface area contributed by atoms with Crippen LogP contribution in [0.2, 0.25) is 0 Å². The van der Waals surface area contributed by atoms with E-state index >= 15 is 0 Å². The van der Waals surface area contributed by atoms with Crippen molar-refractivity contribution in [2.45, 2.75) is 12.0 Å². The molecule has 1 nitrogen and oxygen atoms in total. The molecular weight excluding hydrogens is 399 g/mol. The number of hydrogen-bond acceptors (Lipinski definition) is 1. The summed E-state index contributed by atoms with van der Waals surface area (Å²) in [6.45, 7) is 0.969. The van der Waals surface area contributed by atoms with Crippen molar-refractivity contribution < 1.29 is 9.13 Å². The molecule has 0 aromatic heterocycles. The van der Waals surface area contributed by atoms with Crippen LogP contribution in [0.5, 0.6) is 0 Å². The van der Waals surface area contributed by atoms with E-state index in [1.54, 1.807) is 6.07 Å². The van der Waals surface area contributed by atoms with Crippen LogP contribution in [0.15, 0.2) is 54.6 Å². The van der Waals surface area contributed by atoms with Crippen molar-refractivity contribution >= 4 is 31.9 Å². The highest BCUT2D eigenvalue weighted by atomic mass is 79.9. The molecule has 112 valence electrons. The second-order valence-electron chi connectivity index (χ2n) is 5.01. The molecule has 0 saturated heterocycles. The van der Waals surface area contributed by atoms with Gasteiger partial charge in [-0.3, -0.25) is 0 Å². The lowest BCUT2D eigenvalue weighted by Crippen LogP contribution is -2.36. The number of hydrogen-bond donors (Lipinski definition) is 0. The Labute approximate surface area is 141 Å². The summed E-state index contributed by atoms with van der Waals surface area (Å²) in [6, 6.07) is 16.9. The van der Waals surface area contributed by atoms with Crippen LogP contribution < -0.4 is 0 Å². The molecule has 0 saturated carbocycles. The molecule has 21 heavy (non-hydrogen) atoms. The number of benzene rings is 2. The van der Waals surface area contributed by atoms with Crippen LogP contribution in [0.4, 0.5) is 4.39 Å². The predicted octanol–water partition coefficient (Wildman–Crippen LogP) is 5.07. The zero-order valence-corrected chi connectivity index (χ0v) is 14.7. The minimum atomic E-state index is -0.417. The zero-order valence-electron chi connectivity index (χ0n) is 11.6. The Hall–Kier alpha value is -0.710. The third-order valence-electron chi connectivity index (χ3n) is 3.45. The van der Waals surface area contributed by atoms with E-state index < -0.39 is 5.41 Å². The van der Waals surface area contributed by atoms with Crippen LogP contribution in [0, 0.1) is 5.82 Å². The third kappa shape index (κ3) is 4.15. The Morgan fingerprint density at radius 1 is 0.905 bits per heavy atom. The maximum Gasteiger partial charge on any atom is 0.127 e. The van der Waals surface area contributed by atoms with Gasteiger partial charge in [0.05, 0.1) is 13.2 Å². The first kappa shape index (κ1) is 16.7. The third-order valence-corrected chi connectivity index (χ3v) is 5.59. The van der Waals surface area contributed by atoms with Gasteiger partial charge >= 0.3 is 0 Å². The van der Waals surface area contributed by atoms with Gasteiger partial charge in [0.15, 0.2) is 0 Å². The molecule has 2 aromatic carbocycles. The normalized spacial score (nSPS) is 11.6. The molecule has 0 amide bonds. The van der Waals surface area contributed by atoms with E-state index in [0.717, 1.165) is 5.56 Å². The molecule has 0 fully saturated rings. The molecule has 4 heteroatoms.